The van der Waals surface area contributed by atoms with Crippen molar-refractivity contribution in [1.29, 1.82) is 0 Å². The van der Waals surface area contributed by atoms with Crippen LogP contribution in [0.3, 0.4) is 0 Å². The van der Waals surface area contributed by atoms with Crippen LogP contribution in [-0.4, -0.2) is 17.8 Å². The molecule has 5 heteroatoms. The smallest absolute Gasteiger partial charge is 0.404 e. The predicted molar refractivity (Wildman–Crippen MR) is 50.6 cm³/mol. The molecule has 5 N–H and O–H groups in total. The molecule has 0 aliphatic heterocycles. The average molecular weight is 196 g/mol. The van der Waals surface area contributed by atoms with Crippen LogP contribution in [0, 0.1) is 0 Å². The Labute approximate surface area is 81.3 Å². The Morgan fingerprint density at radius 2 is 2.00 bits per heavy atom. The third kappa shape index (κ3) is 2.95. The lowest BCUT2D eigenvalue weighted by Gasteiger charge is -2.11. The van der Waals surface area contributed by atoms with Crippen LogP contribution in [0.1, 0.15) is 11.6 Å². The molecule has 0 heterocycles. The van der Waals surface area contributed by atoms with Crippen LogP contribution in [0.5, 0.6) is 5.75 Å². The Morgan fingerprint density at radius 3 is 2.50 bits per heavy atom. The average Bonchev–Trinajstić information content (AvgIpc) is 2.15. The lowest BCUT2D eigenvalue weighted by Crippen LogP contribution is -2.22. The maximum atomic E-state index is 10.3. The van der Waals surface area contributed by atoms with E-state index in [9.17, 15) is 4.79 Å². The number of nitrogens with two attached hydrogens (primary N) is 2. The molecule has 0 saturated carbocycles. The van der Waals surface area contributed by atoms with Crippen LogP contribution in [0.2, 0.25) is 0 Å². The number of phenolic OH excluding ortho intramolecular Hbond substituents is 1. The van der Waals surface area contributed by atoms with Gasteiger partial charge < -0.3 is 21.3 Å². The van der Waals surface area contributed by atoms with E-state index in [1.165, 1.54) is 12.1 Å². The van der Waals surface area contributed by atoms with Gasteiger partial charge in [0, 0.05) is 0 Å². The summed E-state index contributed by atoms with van der Waals surface area (Å²) in [5, 5.41) is 9.01. The summed E-state index contributed by atoms with van der Waals surface area (Å²) >= 11 is 0. The van der Waals surface area contributed by atoms with E-state index in [1.54, 1.807) is 12.1 Å². The van der Waals surface area contributed by atoms with Gasteiger partial charge in [0.25, 0.3) is 0 Å². The van der Waals surface area contributed by atoms with Gasteiger partial charge in [-0.1, -0.05) is 12.1 Å². The summed E-state index contributed by atoms with van der Waals surface area (Å²) in [5.74, 6) is 0.164. The molecule has 1 atom stereocenters. The molecule has 0 aliphatic carbocycles. The van der Waals surface area contributed by atoms with E-state index in [4.69, 9.17) is 16.6 Å². The van der Waals surface area contributed by atoms with Crippen molar-refractivity contribution >= 4 is 6.09 Å². The van der Waals surface area contributed by atoms with Crippen LogP contribution in [-0.2, 0) is 4.74 Å². The lowest BCUT2D eigenvalue weighted by atomic mass is 10.1. The number of carbonyl (C=O) groups is 1. The Bertz CT molecular complexity index is 310. The van der Waals surface area contributed by atoms with Gasteiger partial charge in [-0.15, -0.1) is 0 Å². The number of hydrogen-bond donors (Lipinski definition) is 3. The minimum absolute atomic E-state index is 0.0279. The highest BCUT2D eigenvalue weighted by molar-refractivity contribution is 5.64. The van der Waals surface area contributed by atoms with Crippen molar-refractivity contribution in [1.82, 2.24) is 0 Å². The van der Waals surface area contributed by atoms with Crippen LogP contribution in [0.15, 0.2) is 24.3 Å². The zero-order valence-electron chi connectivity index (χ0n) is 7.51. The monoisotopic (exact) mass is 196 g/mol. The van der Waals surface area contributed by atoms with Crippen molar-refractivity contribution in [3.8, 4) is 5.75 Å². The third-order valence-electron chi connectivity index (χ3n) is 1.73. The molecule has 1 aromatic carbocycles. The molecular weight excluding hydrogens is 184 g/mol. The van der Waals surface area contributed by atoms with Crippen molar-refractivity contribution < 1.29 is 14.6 Å². The second kappa shape index (κ2) is 4.48. The maximum absolute atomic E-state index is 10.3. The van der Waals surface area contributed by atoms with Gasteiger partial charge >= 0.3 is 6.09 Å². The lowest BCUT2D eigenvalue weighted by molar-refractivity contribution is 0.149. The molecular formula is C9H12N2O3. The van der Waals surface area contributed by atoms with Crippen LogP contribution in [0.4, 0.5) is 4.79 Å². The molecule has 0 bridgehead atoms. The number of phenols is 1. The van der Waals surface area contributed by atoms with E-state index < -0.39 is 12.1 Å². The molecule has 0 fully saturated rings. The molecule has 1 aromatic rings. The Hall–Kier alpha value is -1.75. The summed E-state index contributed by atoms with van der Waals surface area (Å²) in [6.07, 6.45) is -0.848. The predicted octanol–water partition coefficient (Wildman–Crippen LogP) is 0.487. The Morgan fingerprint density at radius 1 is 1.43 bits per heavy atom. The SMILES string of the molecule is NC(=O)OCC(N)c1ccc(O)cc1. The van der Waals surface area contributed by atoms with Gasteiger partial charge in [-0.3, -0.25) is 0 Å². The van der Waals surface area contributed by atoms with Crippen molar-refractivity contribution in [2.45, 2.75) is 6.04 Å². The van der Waals surface area contributed by atoms with E-state index in [0.717, 1.165) is 5.56 Å². The summed E-state index contributed by atoms with van der Waals surface area (Å²) in [6, 6.07) is 5.91. The highest BCUT2D eigenvalue weighted by Crippen LogP contribution is 2.15. The fourth-order valence-electron chi connectivity index (χ4n) is 0.990. The molecule has 0 spiro atoms. The largest absolute Gasteiger partial charge is 0.508 e. The molecule has 0 radical (unpaired) electrons. The second-order valence-corrected chi connectivity index (χ2v) is 2.83. The van der Waals surface area contributed by atoms with Crippen LogP contribution < -0.4 is 11.5 Å². The molecule has 0 aromatic heterocycles. The Balaban J connectivity index is 2.56. The molecule has 5 nitrogen and oxygen atoms in total. The first-order chi connectivity index (χ1) is 6.59. The van der Waals surface area contributed by atoms with Gasteiger partial charge in [-0.2, -0.15) is 0 Å². The van der Waals surface area contributed by atoms with Gasteiger partial charge in [0.1, 0.15) is 12.4 Å². The first kappa shape index (κ1) is 10.3. The summed E-state index contributed by atoms with van der Waals surface area (Å²) in [6.45, 7) is 0.0279. The fraction of sp³-hybridized carbons (Fsp3) is 0.222. The standard InChI is InChI=1S/C9H12N2O3/c10-8(5-14-9(11)13)6-1-3-7(12)4-2-6/h1-4,8,12H,5,10H2,(H2,11,13). The van der Waals surface area contributed by atoms with E-state index >= 15 is 0 Å². The van der Waals surface area contributed by atoms with Gasteiger partial charge in [0.15, 0.2) is 0 Å². The molecule has 1 rings (SSSR count). The van der Waals surface area contributed by atoms with Gasteiger partial charge in [-0.25, -0.2) is 4.79 Å². The zero-order valence-corrected chi connectivity index (χ0v) is 7.51. The maximum Gasteiger partial charge on any atom is 0.404 e. The number of ether oxygens (including phenoxy) is 1. The van der Waals surface area contributed by atoms with Gasteiger partial charge in [0.2, 0.25) is 0 Å². The van der Waals surface area contributed by atoms with Gasteiger partial charge in [0.05, 0.1) is 6.04 Å². The number of benzene rings is 1. The molecule has 76 valence electrons. The minimum Gasteiger partial charge on any atom is -0.508 e. The second-order valence-electron chi connectivity index (χ2n) is 2.83. The zero-order chi connectivity index (χ0) is 10.6. The van der Waals surface area contributed by atoms with Crippen molar-refractivity contribution in [2.75, 3.05) is 6.61 Å². The van der Waals surface area contributed by atoms with Crippen molar-refractivity contribution in [3.63, 3.8) is 0 Å². The summed E-state index contributed by atoms with van der Waals surface area (Å²) in [5.41, 5.74) is 11.2. The van der Waals surface area contributed by atoms with Crippen molar-refractivity contribution in [2.24, 2.45) is 11.5 Å². The first-order valence-corrected chi connectivity index (χ1v) is 4.06. The molecule has 14 heavy (non-hydrogen) atoms. The number of amides is 1. The summed E-state index contributed by atoms with van der Waals surface area (Å²) in [7, 11) is 0. The van der Waals surface area contributed by atoms with E-state index in [0.29, 0.717) is 0 Å². The number of hydrogen-bond acceptors (Lipinski definition) is 4. The fourth-order valence-corrected chi connectivity index (χ4v) is 0.990. The topological polar surface area (TPSA) is 98.6 Å². The first-order valence-electron chi connectivity index (χ1n) is 4.06. The molecule has 0 saturated heterocycles. The number of rotatable bonds is 3. The Kier molecular flexibility index (Phi) is 3.30. The van der Waals surface area contributed by atoms with E-state index in [2.05, 4.69) is 4.74 Å². The molecule has 1 unspecified atom stereocenters. The normalized spacial score (nSPS) is 12.1. The van der Waals surface area contributed by atoms with E-state index in [1.807, 2.05) is 0 Å². The summed E-state index contributed by atoms with van der Waals surface area (Å²) in [4.78, 5) is 10.3. The number of carbonyl (C=O) groups excluding carboxylic acids is 1. The van der Waals surface area contributed by atoms with Crippen LogP contribution in [0.25, 0.3) is 0 Å². The number of primary amides is 1. The van der Waals surface area contributed by atoms with E-state index in [-0.39, 0.29) is 12.4 Å². The molecule has 1 amide bonds. The minimum atomic E-state index is -0.848. The quantitative estimate of drug-likeness (QED) is 0.655. The van der Waals surface area contributed by atoms with Gasteiger partial charge in [-0.05, 0) is 17.7 Å². The summed E-state index contributed by atoms with van der Waals surface area (Å²) < 4.78 is 4.54. The molecule has 0 aliphatic rings. The third-order valence-corrected chi connectivity index (χ3v) is 1.73. The highest BCUT2D eigenvalue weighted by atomic mass is 16.5. The van der Waals surface area contributed by atoms with Crippen LogP contribution >= 0.6 is 0 Å². The van der Waals surface area contributed by atoms with Crippen molar-refractivity contribution in [3.05, 3.63) is 29.8 Å². The number of aromatic hydroxyl groups is 1. The highest BCUT2D eigenvalue weighted by Gasteiger charge is 2.07.